The highest BCUT2D eigenvalue weighted by Gasteiger charge is 2.22. The zero-order valence-corrected chi connectivity index (χ0v) is 11.5. The first-order chi connectivity index (χ1) is 9.31. The van der Waals surface area contributed by atoms with Crippen LogP contribution in [0, 0.1) is 5.92 Å². The van der Waals surface area contributed by atoms with E-state index in [1.165, 1.54) is 19.3 Å². The Kier molecular flexibility index (Phi) is 3.98. The van der Waals surface area contributed by atoms with Crippen LogP contribution in [-0.4, -0.2) is 43.0 Å². The smallest absolute Gasteiger partial charge is 0.317 e. The van der Waals surface area contributed by atoms with Gasteiger partial charge in [-0.1, -0.05) is 5.10 Å². The summed E-state index contributed by atoms with van der Waals surface area (Å²) in [5, 5.41) is 11.6. The van der Waals surface area contributed by atoms with Gasteiger partial charge in [0.05, 0.1) is 13.2 Å². The third-order valence-corrected chi connectivity index (χ3v) is 3.69. The highest BCUT2D eigenvalue weighted by Crippen LogP contribution is 2.20. The Hall–Kier alpha value is -1.14. The van der Waals surface area contributed by atoms with E-state index in [2.05, 4.69) is 15.5 Å². The van der Waals surface area contributed by atoms with Crippen molar-refractivity contribution in [2.24, 2.45) is 5.92 Å². The van der Waals surface area contributed by atoms with Crippen molar-refractivity contribution < 1.29 is 9.15 Å². The molecular formula is C13H22N4O2. The third kappa shape index (κ3) is 3.67. The van der Waals surface area contributed by atoms with Gasteiger partial charge in [0, 0.05) is 32.2 Å². The molecule has 1 unspecified atom stereocenters. The van der Waals surface area contributed by atoms with Gasteiger partial charge in [0.1, 0.15) is 0 Å². The van der Waals surface area contributed by atoms with Gasteiger partial charge in [-0.25, -0.2) is 0 Å². The van der Waals surface area contributed by atoms with Gasteiger partial charge in [0.2, 0.25) is 5.89 Å². The molecule has 1 saturated carbocycles. The Labute approximate surface area is 113 Å². The van der Waals surface area contributed by atoms with E-state index in [4.69, 9.17) is 9.15 Å². The molecule has 6 heteroatoms. The fourth-order valence-corrected chi connectivity index (χ4v) is 2.41. The minimum Gasteiger partial charge on any atom is -0.407 e. The molecule has 1 saturated heterocycles. The molecule has 1 atom stereocenters. The SMILES string of the molecule is CN(CC1CCCOC1)c1nnc(CNC2CC2)o1. The second-order valence-corrected chi connectivity index (χ2v) is 5.60. The highest BCUT2D eigenvalue weighted by atomic mass is 16.5. The van der Waals surface area contributed by atoms with Crippen LogP contribution in [0.3, 0.4) is 0 Å². The van der Waals surface area contributed by atoms with E-state index < -0.39 is 0 Å². The number of rotatable bonds is 6. The van der Waals surface area contributed by atoms with E-state index in [9.17, 15) is 0 Å². The predicted molar refractivity (Wildman–Crippen MR) is 71.0 cm³/mol. The Morgan fingerprint density at radius 3 is 2.95 bits per heavy atom. The first-order valence-electron chi connectivity index (χ1n) is 7.16. The van der Waals surface area contributed by atoms with Crippen LogP contribution < -0.4 is 10.2 Å². The summed E-state index contributed by atoms with van der Waals surface area (Å²) in [6.45, 7) is 3.34. The van der Waals surface area contributed by atoms with Crippen molar-refractivity contribution in [3.8, 4) is 0 Å². The summed E-state index contributed by atoms with van der Waals surface area (Å²) in [5.41, 5.74) is 0. The molecule has 0 amide bonds. The van der Waals surface area contributed by atoms with Gasteiger partial charge in [0.25, 0.3) is 0 Å². The predicted octanol–water partition coefficient (Wildman–Crippen LogP) is 1.18. The van der Waals surface area contributed by atoms with Crippen LogP contribution in [0.1, 0.15) is 31.6 Å². The second-order valence-electron chi connectivity index (χ2n) is 5.60. The molecule has 3 rings (SSSR count). The Balaban J connectivity index is 1.48. The van der Waals surface area contributed by atoms with Crippen molar-refractivity contribution in [2.45, 2.75) is 38.3 Å². The average molecular weight is 266 g/mol. The third-order valence-electron chi connectivity index (χ3n) is 3.69. The maximum Gasteiger partial charge on any atom is 0.317 e. The number of hydrogen-bond acceptors (Lipinski definition) is 6. The van der Waals surface area contributed by atoms with Crippen LogP contribution in [0.4, 0.5) is 6.01 Å². The summed E-state index contributed by atoms with van der Waals surface area (Å²) >= 11 is 0. The molecule has 2 fully saturated rings. The molecule has 1 aliphatic carbocycles. The maximum absolute atomic E-state index is 5.67. The van der Waals surface area contributed by atoms with Crippen molar-refractivity contribution in [1.82, 2.24) is 15.5 Å². The van der Waals surface area contributed by atoms with Crippen molar-refractivity contribution in [3.63, 3.8) is 0 Å². The van der Waals surface area contributed by atoms with Crippen LogP contribution in [0.2, 0.25) is 0 Å². The Morgan fingerprint density at radius 2 is 2.21 bits per heavy atom. The topological polar surface area (TPSA) is 63.4 Å². The van der Waals surface area contributed by atoms with Crippen molar-refractivity contribution in [3.05, 3.63) is 5.89 Å². The normalized spacial score (nSPS) is 23.5. The Morgan fingerprint density at radius 1 is 1.32 bits per heavy atom. The largest absolute Gasteiger partial charge is 0.407 e. The van der Waals surface area contributed by atoms with Crippen LogP contribution in [0.5, 0.6) is 0 Å². The molecule has 0 radical (unpaired) electrons. The lowest BCUT2D eigenvalue weighted by Crippen LogP contribution is -2.31. The van der Waals surface area contributed by atoms with Gasteiger partial charge in [-0.3, -0.25) is 0 Å². The first-order valence-corrected chi connectivity index (χ1v) is 7.16. The lowest BCUT2D eigenvalue weighted by Gasteiger charge is -2.25. The summed E-state index contributed by atoms with van der Waals surface area (Å²) in [5.74, 6) is 1.24. The minimum atomic E-state index is 0.568. The number of nitrogens with zero attached hydrogens (tertiary/aromatic N) is 3. The monoisotopic (exact) mass is 266 g/mol. The molecule has 0 bridgehead atoms. The molecule has 19 heavy (non-hydrogen) atoms. The van der Waals surface area contributed by atoms with Gasteiger partial charge in [-0.05, 0) is 25.7 Å². The Bertz CT molecular complexity index is 399. The van der Waals surface area contributed by atoms with Crippen LogP contribution in [0.15, 0.2) is 4.42 Å². The zero-order chi connectivity index (χ0) is 13.1. The van der Waals surface area contributed by atoms with E-state index in [1.807, 2.05) is 11.9 Å². The van der Waals surface area contributed by atoms with Crippen molar-refractivity contribution in [1.29, 1.82) is 0 Å². The van der Waals surface area contributed by atoms with E-state index in [0.717, 1.165) is 26.2 Å². The average Bonchev–Trinajstić information content (AvgIpc) is 3.14. The lowest BCUT2D eigenvalue weighted by molar-refractivity contribution is 0.0573. The van der Waals surface area contributed by atoms with Gasteiger partial charge >= 0.3 is 6.01 Å². The highest BCUT2D eigenvalue weighted by molar-refractivity contribution is 5.22. The van der Waals surface area contributed by atoms with Crippen LogP contribution in [-0.2, 0) is 11.3 Å². The van der Waals surface area contributed by atoms with Gasteiger partial charge in [0.15, 0.2) is 0 Å². The molecule has 0 aromatic carbocycles. The summed E-state index contributed by atoms with van der Waals surface area (Å²) in [6, 6.07) is 1.27. The summed E-state index contributed by atoms with van der Waals surface area (Å²) in [6.07, 6.45) is 4.90. The molecule has 2 aliphatic rings. The quantitative estimate of drug-likeness (QED) is 0.834. The van der Waals surface area contributed by atoms with Gasteiger partial charge in [-0.15, -0.1) is 5.10 Å². The van der Waals surface area contributed by atoms with Crippen LogP contribution >= 0.6 is 0 Å². The number of nitrogens with one attached hydrogen (secondary N) is 1. The molecule has 1 aromatic rings. The number of hydrogen-bond donors (Lipinski definition) is 1. The molecule has 1 aliphatic heterocycles. The molecular weight excluding hydrogens is 244 g/mol. The number of aromatic nitrogens is 2. The van der Waals surface area contributed by atoms with E-state index in [1.54, 1.807) is 0 Å². The molecule has 0 spiro atoms. The molecule has 1 N–H and O–H groups in total. The summed E-state index contributed by atoms with van der Waals surface area (Å²) in [7, 11) is 2.00. The van der Waals surface area contributed by atoms with Crippen LogP contribution in [0.25, 0.3) is 0 Å². The number of ether oxygens (including phenoxy) is 1. The lowest BCUT2D eigenvalue weighted by atomic mass is 10.0. The van der Waals surface area contributed by atoms with E-state index in [-0.39, 0.29) is 0 Å². The number of anilines is 1. The van der Waals surface area contributed by atoms with E-state index in [0.29, 0.717) is 30.4 Å². The zero-order valence-electron chi connectivity index (χ0n) is 11.5. The van der Waals surface area contributed by atoms with Crippen molar-refractivity contribution >= 4 is 6.01 Å². The maximum atomic E-state index is 5.67. The summed E-state index contributed by atoms with van der Waals surface area (Å²) < 4.78 is 11.2. The van der Waals surface area contributed by atoms with Gasteiger partial charge < -0.3 is 19.4 Å². The molecule has 1 aromatic heterocycles. The van der Waals surface area contributed by atoms with E-state index >= 15 is 0 Å². The summed E-state index contributed by atoms with van der Waals surface area (Å²) in [4.78, 5) is 2.03. The van der Waals surface area contributed by atoms with Crippen molar-refractivity contribution in [2.75, 3.05) is 31.7 Å². The standard InChI is InChI=1S/C13H22N4O2/c1-17(8-10-3-2-6-18-9-10)13-16-15-12(19-13)7-14-11-4-5-11/h10-11,14H,2-9H2,1H3. The van der Waals surface area contributed by atoms with Gasteiger partial charge in [-0.2, -0.15) is 0 Å². The fraction of sp³-hybridized carbons (Fsp3) is 0.846. The molecule has 6 nitrogen and oxygen atoms in total. The first kappa shape index (κ1) is 12.9. The fourth-order valence-electron chi connectivity index (χ4n) is 2.41. The minimum absolute atomic E-state index is 0.568. The molecule has 2 heterocycles. The second kappa shape index (κ2) is 5.88. The molecule has 106 valence electrons.